The van der Waals surface area contributed by atoms with Crippen LogP contribution < -0.4 is 11.5 Å². The van der Waals surface area contributed by atoms with Crippen LogP contribution in [0.25, 0.3) is 0 Å². The molecule has 86 valence electrons. The van der Waals surface area contributed by atoms with E-state index in [1.807, 2.05) is 0 Å². The molecule has 0 aromatic rings. The van der Waals surface area contributed by atoms with E-state index in [1.165, 1.54) is 0 Å². The number of nitrogens with two attached hydrogens (primary N) is 2. The molecule has 0 rings (SSSR count). The van der Waals surface area contributed by atoms with Crippen molar-refractivity contribution in [3.05, 3.63) is 0 Å². The molecular weight excluding hydrogens is 261 g/mol. The Hall–Kier alpha value is -0.597. The van der Waals surface area contributed by atoms with Crippen molar-refractivity contribution >= 4 is 28.0 Å². The molecule has 0 bridgehead atoms. The summed E-state index contributed by atoms with van der Waals surface area (Å²) in [6.07, 6.45) is 1.74. The van der Waals surface area contributed by atoms with E-state index in [1.54, 1.807) is 0 Å². The Morgan fingerprint density at radius 2 is 1.33 bits per heavy atom. The first-order valence-electron chi connectivity index (χ1n) is 4.75. The molecular formula is C8H16GeN2O4. The molecule has 0 aliphatic carbocycles. The van der Waals surface area contributed by atoms with Crippen LogP contribution in [0.15, 0.2) is 0 Å². The predicted molar refractivity (Wildman–Crippen MR) is 54.5 cm³/mol. The topological polar surface area (TPSA) is 105 Å². The van der Waals surface area contributed by atoms with Gasteiger partial charge in [0.25, 0.3) is 0 Å². The fourth-order valence-electron chi connectivity index (χ4n) is 0.709. The molecule has 0 aromatic heterocycles. The maximum absolute atomic E-state index is 10.9. The Morgan fingerprint density at radius 3 is 1.67 bits per heavy atom. The summed E-state index contributed by atoms with van der Waals surface area (Å²) < 4.78 is 9.50. The second-order valence-electron chi connectivity index (χ2n) is 2.82. The molecule has 0 aliphatic rings. The Bertz CT molecular complexity index is 181. The zero-order valence-corrected chi connectivity index (χ0v) is 10.6. The molecule has 0 spiro atoms. The van der Waals surface area contributed by atoms with Gasteiger partial charge in [-0.1, -0.05) is 0 Å². The summed E-state index contributed by atoms with van der Waals surface area (Å²) in [5.41, 5.74) is 10.4. The SMILES string of the molecule is NCCCC(=O)[O][Ge][O]C(=O)CCCN. The minimum absolute atomic E-state index is 0.278. The third-order valence-corrected chi connectivity index (χ3v) is 2.79. The molecule has 0 atom stereocenters. The first kappa shape index (κ1) is 14.4. The van der Waals surface area contributed by atoms with Gasteiger partial charge in [0.15, 0.2) is 0 Å². The molecule has 0 aromatic carbocycles. The Morgan fingerprint density at radius 1 is 0.933 bits per heavy atom. The summed E-state index contributed by atoms with van der Waals surface area (Å²) in [5.74, 6) is -0.709. The first-order chi connectivity index (χ1) is 7.20. The van der Waals surface area contributed by atoms with Crippen molar-refractivity contribution in [2.45, 2.75) is 25.7 Å². The van der Waals surface area contributed by atoms with Gasteiger partial charge in [-0.15, -0.1) is 0 Å². The van der Waals surface area contributed by atoms with Gasteiger partial charge in [0, 0.05) is 0 Å². The number of hydrogen-bond donors (Lipinski definition) is 2. The molecule has 2 radical (unpaired) electrons. The second kappa shape index (κ2) is 9.94. The zero-order valence-electron chi connectivity index (χ0n) is 8.53. The van der Waals surface area contributed by atoms with E-state index in [4.69, 9.17) is 19.0 Å². The molecule has 0 saturated carbocycles. The van der Waals surface area contributed by atoms with Crippen molar-refractivity contribution in [2.24, 2.45) is 11.5 Å². The van der Waals surface area contributed by atoms with Crippen LogP contribution in [-0.4, -0.2) is 41.1 Å². The minimum atomic E-state index is -1.40. The molecule has 6 nitrogen and oxygen atoms in total. The van der Waals surface area contributed by atoms with Crippen molar-refractivity contribution < 1.29 is 17.1 Å². The van der Waals surface area contributed by atoms with Crippen molar-refractivity contribution in [3.8, 4) is 0 Å². The van der Waals surface area contributed by atoms with E-state index in [2.05, 4.69) is 0 Å². The van der Waals surface area contributed by atoms with Gasteiger partial charge in [0.2, 0.25) is 0 Å². The van der Waals surface area contributed by atoms with E-state index in [0.717, 1.165) is 0 Å². The molecule has 4 N–H and O–H groups in total. The third kappa shape index (κ3) is 9.70. The van der Waals surface area contributed by atoms with Gasteiger partial charge in [-0.05, 0) is 0 Å². The fourth-order valence-corrected chi connectivity index (χ4v) is 1.61. The van der Waals surface area contributed by atoms with Crippen LogP contribution in [0.2, 0.25) is 0 Å². The quantitative estimate of drug-likeness (QED) is 0.556. The van der Waals surface area contributed by atoms with Crippen molar-refractivity contribution in [3.63, 3.8) is 0 Å². The van der Waals surface area contributed by atoms with Crippen molar-refractivity contribution in [1.29, 1.82) is 0 Å². The summed E-state index contributed by atoms with van der Waals surface area (Å²) in [4.78, 5) is 21.9. The molecule has 0 saturated heterocycles. The van der Waals surface area contributed by atoms with Gasteiger partial charge in [0.05, 0.1) is 0 Å². The van der Waals surface area contributed by atoms with Gasteiger partial charge in [0.1, 0.15) is 0 Å². The fraction of sp³-hybridized carbons (Fsp3) is 0.750. The number of hydrogen-bond acceptors (Lipinski definition) is 6. The number of carbonyl (C=O) groups excluding carboxylic acids is 2. The first-order valence-corrected chi connectivity index (χ1v) is 6.46. The molecule has 15 heavy (non-hydrogen) atoms. The average molecular weight is 277 g/mol. The Labute approximate surface area is 95.8 Å². The molecule has 0 heterocycles. The monoisotopic (exact) mass is 278 g/mol. The summed E-state index contributed by atoms with van der Waals surface area (Å²) in [5, 5.41) is 0. The average Bonchev–Trinajstić information content (AvgIpc) is 2.23. The Balaban J connectivity index is 3.36. The van der Waals surface area contributed by atoms with E-state index >= 15 is 0 Å². The third-order valence-electron chi connectivity index (χ3n) is 1.48. The molecule has 0 unspecified atom stereocenters. The van der Waals surface area contributed by atoms with Gasteiger partial charge in [-0.2, -0.15) is 0 Å². The second-order valence-corrected chi connectivity index (χ2v) is 4.02. The van der Waals surface area contributed by atoms with Crippen molar-refractivity contribution in [1.82, 2.24) is 0 Å². The van der Waals surface area contributed by atoms with Crippen molar-refractivity contribution in [2.75, 3.05) is 13.1 Å². The summed E-state index contributed by atoms with van der Waals surface area (Å²) in [7, 11) is 0. The summed E-state index contributed by atoms with van der Waals surface area (Å²) in [6.45, 7) is 0.900. The van der Waals surface area contributed by atoms with Crippen LogP contribution in [0.5, 0.6) is 0 Å². The van der Waals surface area contributed by atoms with Crippen LogP contribution in [0.3, 0.4) is 0 Å². The maximum atomic E-state index is 10.9. The van der Waals surface area contributed by atoms with Gasteiger partial charge in [-0.25, -0.2) is 0 Å². The van der Waals surface area contributed by atoms with Gasteiger partial charge >= 0.3 is 95.4 Å². The van der Waals surface area contributed by atoms with Crippen LogP contribution in [-0.2, 0) is 17.1 Å². The van der Waals surface area contributed by atoms with Crippen LogP contribution in [0, 0.1) is 0 Å². The zero-order chi connectivity index (χ0) is 11.5. The van der Waals surface area contributed by atoms with E-state index in [-0.39, 0.29) is 24.8 Å². The molecule has 0 fully saturated rings. The van der Waals surface area contributed by atoms with Crippen LogP contribution >= 0.6 is 0 Å². The van der Waals surface area contributed by atoms with Crippen LogP contribution in [0.1, 0.15) is 25.7 Å². The molecule has 7 heteroatoms. The van der Waals surface area contributed by atoms with E-state index in [9.17, 15) is 9.59 Å². The van der Waals surface area contributed by atoms with E-state index in [0.29, 0.717) is 25.9 Å². The standard InChI is InChI=1S/C8H16GeN2O4/c10-5-1-3-7(12)14-9-15-8(13)4-2-6-11/h1-6,10-11H2. The van der Waals surface area contributed by atoms with Gasteiger partial charge < -0.3 is 0 Å². The van der Waals surface area contributed by atoms with E-state index < -0.39 is 16.1 Å². The number of rotatable bonds is 8. The molecule has 0 amide bonds. The number of carbonyl (C=O) groups is 2. The van der Waals surface area contributed by atoms with Crippen LogP contribution in [0.4, 0.5) is 0 Å². The summed E-state index contributed by atoms with van der Waals surface area (Å²) >= 11 is -1.40. The predicted octanol–water partition coefficient (Wildman–Crippen LogP) is -0.915. The normalized spacial score (nSPS) is 9.73. The summed E-state index contributed by atoms with van der Waals surface area (Å²) in [6, 6.07) is 0. The Kier molecular flexibility index (Phi) is 9.54. The molecule has 0 aliphatic heterocycles. The van der Waals surface area contributed by atoms with Gasteiger partial charge in [-0.3, -0.25) is 0 Å².